The van der Waals surface area contributed by atoms with Crippen molar-refractivity contribution in [3.63, 3.8) is 0 Å². The molecule has 2 N–H and O–H groups in total. The van der Waals surface area contributed by atoms with E-state index in [4.69, 9.17) is 0 Å². The van der Waals surface area contributed by atoms with E-state index in [1.54, 1.807) is 4.72 Å². The lowest BCUT2D eigenvalue weighted by Crippen LogP contribution is -2.16. The molecular formula is C12H8F2N2O5S. The number of benzene rings is 2. The van der Waals surface area contributed by atoms with E-state index in [1.807, 2.05) is 0 Å². The molecule has 22 heavy (non-hydrogen) atoms. The summed E-state index contributed by atoms with van der Waals surface area (Å²) in [6, 6.07) is 5.01. The monoisotopic (exact) mass is 330 g/mol. The average Bonchev–Trinajstić information content (AvgIpc) is 2.40. The number of aromatic hydroxyl groups is 1. The molecule has 0 bridgehead atoms. The SMILES string of the molecule is O=[N+]([O-])c1ccc(O)c(NS(=O)(=O)c2c(F)cccc2F)c1. The number of anilines is 1. The third kappa shape index (κ3) is 2.96. The fraction of sp³-hybridized carbons (Fsp3) is 0. The molecule has 0 aliphatic carbocycles. The van der Waals surface area contributed by atoms with Crippen molar-refractivity contribution in [2.24, 2.45) is 0 Å². The summed E-state index contributed by atoms with van der Waals surface area (Å²) in [6.07, 6.45) is 0. The Morgan fingerprint density at radius 3 is 2.27 bits per heavy atom. The number of phenols is 1. The maximum absolute atomic E-state index is 13.5. The average molecular weight is 330 g/mol. The van der Waals surface area contributed by atoms with Crippen LogP contribution in [0.15, 0.2) is 41.3 Å². The minimum Gasteiger partial charge on any atom is -0.506 e. The lowest BCUT2D eigenvalue weighted by atomic mass is 10.2. The Morgan fingerprint density at radius 2 is 1.73 bits per heavy atom. The van der Waals surface area contributed by atoms with E-state index in [0.29, 0.717) is 0 Å². The third-order valence-corrected chi connectivity index (χ3v) is 4.04. The molecule has 0 heterocycles. The normalized spacial score (nSPS) is 11.2. The van der Waals surface area contributed by atoms with E-state index >= 15 is 0 Å². The van der Waals surface area contributed by atoms with Gasteiger partial charge in [0.1, 0.15) is 17.4 Å². The molecule has 0 saturated heterocycles. The molecule has 2 aromatic rings. The summed E-state index contributed by atoms with van der Waals surface area (Å²) in [7, 11) is -4.72. The van der Waals surface area contributed by atoms with Gasteiger partial charge < -0.3 is 5.11 Å². The van der Waals surface area contributed by atoms with E-state index in [-0.39, 0.29) is 0 Å². The van der Waals surface area contributed by atoms with E-state index in [2.05, 4.69) is 0 Å². The number of nitrogens with zero attached hydrogens (tertiary/aromatic N) is 1. The van der Waals surface area contributed by atoms with Gasteiger partial charge in [-0.25, -0.2) is 17.2 Å². The molecule has 0 amide bonds. The predicted molar refractivity (Wildman–Crippen MR) is 71.9 cm³/mol. The fourth-order valence-corrected chi connectivity index (χ4v) is 2.86. The molecule has 0 radical (unpaired) electrons. The Bertz CT molecular complexity index is 834. The van der Waals surface area contributed by atoms with Crippen molar-refractivity contribution in [2.75, 3.05) is 4.72 Å². The summed E-state index contributed by atoms with van der Waals surface area (Å²) in [5, 5.41) is 20.2. The summed E-state index contributed by atoms with van der Waals surface area (Å²) in [6.45, 7) is 0. The van der Waals surface area contributed by atoms with Crippen molar-refractivity contribution in [1.29, 1.82) is 0 Å². The predicted octanol–water partition coefficient (Wildman–Crippen LogP) is 2.38. The van der Waals surface area contributed by atoms with Crippen molar-refractivity contribution in [3.05, 3.63) is 58.1 Å². The molecule has 7 nitrogen and oxygen atoms in total. The highest BCUT2D eigenvalue weighted by molar-refractivity contribution is 7.92. The first-order chi connectivity index (χ1) is 10.2. The summed E-state index contributed by atoms with van der Waals surface area (Å²) in [5.41, 5.74) is -1.08. The molecular weight excluding hydrogens is 322 g/mol. The number of hydrogen-bond acceptors (Lipinski definition) is 5. The van der Waals surface area contributed by atoms with Crippen molar-refractivity contribution < 1.29 is 27.2 Å². The van der Waals surface area contributed by atoms with Gasteiger partial charge in [0.25, 0.3) is 15.7 Å². The molecule has 0 unspecified atom stereocenters. The van der Waals surface area contributed by atoms with Crippen LogP contribution in [0.25, 0.3) is 0 Å². The van der Waals surface area contributed by atoms with E-state index in [1.165, 1.54) is 0 Å². The van der Waals surface area contributed by atoms with Crippen LogP contribution in [-0.2, 0) is 10.0 Å². The van der Waals surface area contributed by atoms with Crippen molar-refractivity contribution in [1.82, 2.24) is 0 Å². The van der Waals surface area contributed by atoms with Gasteiger partial charge in [0, 0.05) is 12.1 Å². The van der Waals surface area contributed by atoms with Crippen LogP contribution in [0.1, 0.15) is 0 Å². The zero-order valence-corrected chi connectivity index (χ0v) is 11.5. The van der Waals surface area contributed by atoms with Crippen LogP contribution in [0.3, 0.4) is 0 Å². The first-order valence-corrected chi connectivity index (χ1v) is 7.15. The first kappa shape index (κ1) is 15.6. The number of sulfonamides is 1. The number of nitro groups is 1. The van der Waals surface area contributed by atoms with Gasteiger partial charge in [-0.05, 0) is 18.2 Å². The van der Waals surface area contributed by atoms with Gasteiger partial charge in [-0.3, -0.25) is 14.8 Å². The Morgan fingerprint density at radius 1 is 1.14 bits per heavy atom. The van der Waals surface area contributed by atoms with Crippen molar-refractivity contribution in [3.8, 4) is 5.75 Å². The van der Waals surface area contributed by atoms with Crippen LogP contribution in [0.5, 0.6) is 5.75 Å². The molecule has 0 atom stereocenters. The quantitative estimate of drug-likeness (QED) is 0.508. The first-order valence-electron chi connectivity index (χ1n) is 5.66. The van der Waals surface area contributed by atoms with Gasteiger partial charge in [-0.2, -0.15) is 0 Å². The zero-order chi connectivity index (χ0) is 16.5. The standard InChI is InChI=1S/C12H8F2N2O5S/c13-8-2-1-3-9(14)12(8)22(20,21)15-10-6-7(16(18)19)4-5-11(10)17/h1-6,15,17H. The number of halogens is 2. The van der Waals surface area contributed by atoms with Crippen LogP contribution >= 0.6 is 0 Å². The summed E-state index contributed by atoms with van der Waals surface area (Å²) < 4.78 is 52.8. The third-order valence-electron chi connectivity index (χ3n) is 2.62. The highest BCUT2D eigenvalue weighted by atomic mass is 32.2. The molecule has 2 rings (SSSR count). The lowest BCUT2D eigenvalue weighted by molar-refractivity contribution is -0.384. The summed E-state index contributed by atoms with van der Waals surface area (Å²) in [5.74, 6) is -3.30. The van der Waals surface area contributed by atoms with Crippen LogP contribution in [0, 0.1) is 21.7 Å². The molecule has 0 aliphatic rings. The maximum atomic E-state index is 13.5. The van der Waals surface area contributed by atoms with Gasteiger partial charge >= 0.3 is 0 Å². The van der Waals surface area contributed by atoms with Gasteiger partial charge in [0.05, 0.1) is 10.6 Å². The van der Waals surface area contributed by atoms with Crippen LogP contribution in [0.2, 0.25) is 0 Å². The molecule has 0 aliphatic heterocycles. The Hall–Kier alpha value is -2.75. The maximum Gasteiger partial charge on any atom is 0.271 e. The van der Waals surface area contributed by atoms with Gasteiger partial charge in [-0.15, -0.1) is 0 Å². The number of nitro benzene ring substituents is 1. The number of rotatable bonds is 4. The second-order valence-electron chi connectivity index (χ2n) is 4.11. The van der Waals surface area contributed by atoms with E-state index in [0.717, 1.165) is 36.4 Å². The largest absolute Gasteiger partial charge is 0.506 e. The number of nitrogens with one attached hydrogen (secondary N) is 1. The molecule has 0 spiro atoms. The number of phenolic OH excluding ortho intramolecular Hbond substituents is 1. The number of non-ortho nitro benzene ring substituents is 1. The van der Waals surface area contributed by atoms with Gasteiger partial charge in [-0.1, -0.05) is 6.07 Å². The topological polar surface area (TPSA) is 110 Å². The van der Waals surface area contributed by atoms with E-state index < -0.39 is 48.6 Å². The van der Waals surface area contributed by atoms with Crippen LogP contribution in [0.4, 0.5) is 20.2 Å². The van der Waals surface area contributed by atoms with Gasteiger partial charge in [0.15, 0.2) is 4.90 Å². The fourth-order valence-electron chi connectivity index (χ4n) is 1.65. The summed E-state index contributed by atoms with van der Waals surface area (Å²) >= 11 is 0. The zero-order valence-electron chi connectivity index (χ0n) is 10.7. The Kier molecular flexibility index (Phi) is 3.95. The van der Waals surface area contributed by atoms with Crippen LogP contribution in [-0.4, -0.2) is 18.4 Å². The Labute approximate surface area is 123 Å². The molecule has 2 aromatic carbocycles. The lowest BCUT2D eigenvalue weighted by Gasteiger charge is -2.10. The minimum absolute atomic E-state index is 0.510. The molecule has 0 saturated carbocycles. The number of hydrogen-bond donors (Lipinski definition) is 2. The second kappa shape index (κ2) is 5.56. The minimum atomic E-state index is -4.72. The molecule has 0 fully saturated rings. The molecule has 116 valence electrons. The highest BCUT2D eigenvalue weighted by Gasteiger charge is 2.25. The van der Waals surface area contributed by atoms with Crippen LogP contribution < -0.4 is 4.72 Å². The molecule has 10 heteroatoms. The molecule has 0 aromatic heterocycles. The van der Waals surface area contributed by atoms with Crippen molar-refractivity contribution >= 4 is 21.4 Å². The summed E-state index contributed by atoms with van der Waals surface area (Å²) in [4.78, 5) is 8.57. The van der Waals surface area contributed by atoms with E-state index in [9.17, 15) is 32.4 Å². The Balaban J connectivity index is 2.50. The second-order valence-corrected chi connectivity index (χ2v) is 5.73. The van der Waals surface area contributed by atoms with Crippen molar-refractivity contribution in [2.45, 2.75) is 4.90 Å². The smallest absolute Gasteiger partial charge is 0.271 e. The highest BCUT2D eigenvalue weighted by Crippen LogP contribution is 2.30. The van der Waals surface area contributed by atoms with Gasteiger partial charge in [0.2, 0.25) is 0 Å².